The summed E-state index contributed by atoms with van der Waals surface area (Å²) in [7, 11) is 3.48. The van der Waals surface area contributed by atoms with Crippen molar-refractivity contribution in [1.29, 1.82) is 0 Å². The van der Waals surface area contributed by atoms with Gasteiger partial charge >= 0.3 is 6.36 Å². The first kappa shape index (κ1) is 27.8. The molecule has 0 bridgehead atoms. The molecular weight excluding hydrogens is 507 g/mol. The van der Waals surface area contributed by atoms with Crippen molar-refractivity contribution in [2.24, 2.45) is 4.99 Å². The predicted molar refractivity (Wildman–Crippen MR) is 137 cm³/mol. The summed E-state index contributed by atoms with van der Waals surface area (Å²) in [5, 5.41) is 5.13. The van der Waals surface area contributed by atoms with Crippen LogP contribution in [0.2, 0.25) is 0 Å². The smallest absolute Gasteiger partial charge is 0.405 e. The van der Waals surface area contributed by atoms with Crippen molar-refractivity contribution in [2.45, 2.75) is 82.4 Å². The molecule has 1 aliphatic carbocycles. The van der Waals surface area contributed by atoms with Crippen LogP contribution in [-0.4, -0.2) is 59.9 Å². The summed E-state index contributed by atoms with van der Waals surface area (Å²) >= 11 is 1.60. The Bertz CT molecular complexity index is 1070. The number of ether oxygens (including phenoxy) is 3. The summed E-state index contributed by atoms with van der Waals surface area (Å²) in [4.78, 5) is 6.82. The highest BCUT2D eigenvalue weighted by Gasteiger charge is 2.37. The molecule has 1 aromatic carbocycles. The van der Waals surface area contributed by atoms with E-state index in [1.165, 1.54) is 12.1 Å². The predicted octanol–water partition coefficient (Wildman–Crippen LogP) is 6.59. The highest BCUT2D eigenvalue weighted by Crippen LogP contribution is 2.46. The van der Waals surface area contributed by atoms with Crippen molar-refractivity contribution in [3.8, 4) is 17.0 Å². The van der Waals surface area contributed by atoms with Crippen LogP contribution >= 0.6 is 11.8 Å². The molecule has 204 valence electrons. The van der Waals surface area contributed by atoms with E-state index >= 15 is 0 Å². The fourth-order valence-electron chi connectivity index (χ4n) is 4.67. The number of piperidine rings is 1. The van der Waals surface area contributed by atoms with Gasteiger partial charge in [0.15, 0.2) is 5.17 Å². The fraction of sp³-hybridized carbons (Fsp3) is 0.615. The van der Waals surface area contributed by atoms with Gasteiger partial charge in [-0.05, 0) is 51.2 Å². The second-order valence-corrected chi connectivity index (χ2v) is 10.6. The number of halogens is 3. The Kier molecular flexibility index (Phi) is 9.07. The van der Waals surface area contributed by atoms with E-state index in [0.717, 1.165) is 43.8 Å². The third kappa shape index (κ3) is 7.00. The summed E-state index contributed by atoms with van der Waals surface area (Å²) in [5.41, 5.74) is 1.29. The van der Waals surface area contributed by atoms with E-state index in [0.29, 0.717) is 17.0 Å². The minimum atomic E-state index is -4.81. The Hall–Kier alpha value is -2.24. The molecule has 0 amide bonds. The van der Waals surface area contributed by atoms with E-state index in [-0.39, 0.29) is 41.4 Å². The van der Waals surface area contributed by atoms with Gasteiger partial charge in [-0.2, -0.15) is 0 Å². The van der Waals surface area contributed by atoms with E-state index in [1.54, 1.807) is 38.1 Å². The normalized spacial score (nSPS) is 21.8. The Labute approximate surface area is 219 Å². The van der Waals surface area contributed by atoms with Crippen molar-refractivity contribution in [1.82, 2.24) is 10.1 Å². The van der Waals surface area contributed by atoms with Gasteiger partial charge in [0.25, 0.3) is 0 Å². The molecule has 0 N–H and O–H groups in total. The molecule has 1 saturated carbocycles. The van der Waals surface area contributed by atoms with Crippen LogP contribution in [0.15, 0.2) is 33.8 Å². The fourth-order valence-corrected chi connectivity index (χ4v) is 5.54. The summed E-state index contributed by atoms with van der Waals surface area (Å²) in [5.74, 6) is 0.621. The maximum Gasteiger partial charge on any atom is 0.573 e. The van der Waals surface area contributed by atoms with Gasteiger partial charge in [-0.3, -0.25) is 4.99 Å². The number of nitrogens with zero attached hydrogens (tertiary/aromatic N) is 3. The van der Waals surface area contributed by atoms with E-state index in [2.05, 4.69) is 26.7 Å². The van der Waals surface area contributed by atoms with Crippen molar-refractivity contribution in [3.05, 3.63) is 35.6 Å². The molecule has 4 rings (SSSR count). The number of para-hydroxylation sites is 1. The first-order valence-corrected chi connectivity index (χ1v) is 13.5. The number of hydrogen-bond acceptors (Lipinski definition) is 7. The van der Waals surface area contributed by atoms with Crippen molar-refractivity contribution < 1.29 is 31.9 Å². The molecule has 3 atom stereocenters. The van der Waals surface area contributed by atoms with Gasteiger partial charge in [-0.15, -0.1) is 13.2 Å². The molecule has 1 aromatic heterocycles. The van der Waals surface area contributed by atoms with E-state index < -0.39 is 6.36 Å². The van der Waals surface area contributed by atoms with Crippen LogP contribution in [0.5, 0.6) is 5.75 Å². The van der Waals surface area contributed by atoms with E-state index in [4.69, 9.17) is 14.0 Å². The molecule has 0 radical (unpaired) electrons. The van der Waals surface area contributed by atoms with Crippen molar-refractivity contribution in [3.63, 3.8) is 0 Å². The maximum absolute atomic E-state index is 13.0. The number of rotatable bonds is 9. The average molecular weight is 542 g/mol. The highest BCUT2D eigenvalue weighted by atomic mass is 32.2. The zero-order chi connectivity index (χ0) is 26.6. The molecule has 1 saturated heterocycles. The van der Waals surface area contributed by atoms with Crippen molar-refractivity contribution in [2.75, 3.05) is 20.7 Å². The number of methoxy groups -OCH3 is 1. The molecule has 1 aliphatic heterocycles. The van der Waals surface area contributed by atoms with Crippen molar-refractivity contribution >= 4 is 16.9 Å². The van der Waals surface area contributed by atoms with E-state index in [1.807, 2.05) is 6.92 Å². The van der Waals surface area contributed by atoms with Gasteiger partial charge in [-0.1, -0.05) is 36.0 Å². The number of likely N-dealkylation sites (tertiary alicyclic amines) is 1. The molecule has 37 heavy (non-hydrogen) atoms. The molecule has 2 aromatic rings. The lowest BCUT2D eigenvalue weighted by Gasteiger charge is -2.41. The lowest BCUT2D eigenvalue weighted by molar-refractivity contribution is -0.274. The van der Waals surface area contributed by atoms with Crippen LogP contribution in [0.1, 0.15) is 63.2 Å². The van der Waals surface area contributed by atoms with Gasteiger partial charge in [0, 0.05) is 43.8 Å². The van der Waals surface area contributed by atoms with Crippen LogP contribution in [0.3, 0.4) is 0 Å². The molecule has 1 unspecified atom stereocenters. The Morgan fingerprint density at radius 2 is 2.03 bits per heavy atom. The number of amidine groups is 1. The van der Waals surface area contributed by atoms with Gasteiger partial charge in [-0.25, -0.2) is 0 Å². The zero-order valence-electron chi connectivity index (χ0n) is 21.6. The quantitative estimate of drug-likeness (QED) is 0.202. The standard InChI is InChI=1S/C26H34F3N3O4S/c1-5-18-14-19(12-13-32(18)25(30-3)37-16(2)33-4)34-15-21-23(31-36-24(21)17-10-11-17)20-8-6-7-9-22(20)35-26(27,28)29/h6-9,16-19H,5,10-15H2,1-4H3/t16?,18-,19-/m1/s1. The molecule has 0 spiro atoms. The minimum absolute atomic E-state index is 0.000580. The lowest BCUT2D eigenvalue weighted by Crippen LogP contribution is -2.47. The Morgan fingerprint density at radius 1 is 1.27 bits per heavy atom. The topological polar surface area (TPSA) is 69.3 Å². The number of aliphatic imine (C=N–C) groups is 1. The number of hydrogen-bond donors (Lipinski definition) is 0. The Balaban J connectivity index is 1.50. The van der Waals surface area contributed by atoms with Crippen LogP contribution in [-0.2, 0) is 16.1 Å². The van der Waals surface area contributed by atoms with Crippen LogP contribution in [0, 0.1) is 0 Å². The average Bonchev–Trinajstić information content (AvgIpc) is 3.64. The van der Waals surface area contributed by atoms with Gasteiger partial charge < -0.3 is 23.6 Å². The molecular formula is C26H34F3N3O4S. The molecule has 11 heteroatoms. The van der Waals surface area contributed by atoms with Crippen LogP contribution in [0.4, 0.5) is 13.2 Å². The molecule has 2 fully saturated rings. The van der Waals surface area contributed by atoms with E-state index in [9.17, 15) is 13.2 Å². The van der Waals surface area contributed by atoms with Gasteiger partial charge in [0.2, 0.25) is 0 Å². The summed E-state index contributed by atoms with van der Waals surface area (Å²) in [6.07, 6.45) is -0.297. The first-order valence-electron chi connectivity index (χ1n) is 12.6. The third-order valence-corrected chi connectivity index (χ3v) is 7.93. The number of alkyl halides is 3. The lowest BCUT2D eigenvalue weighted by atomic mass is 9.97. The Morgan fingerprint density at radius 3 is 2.68 bits per heavy atom. The number of thioether (sulfide) groups is 1. The largest absolute Gasteiger partial charge is 0.573 e. The van der Waals surface area contributed by atoms with Gasteiger partial charge in [0.1, 0.15) is 22.6 Å². The third-order valence-electron chi connectivity index (χ3n) is 6.78. The van der Waals surface area contributed by atoms with Crippen LogP contribution in [0.25, 0.3) is 11.3 Å². The first-order chi connectivity index (χ1) is 17.7. The number of benzene rings is 1. The highest BCUT2D eigenvalue weighted by molar-refractivity contribution is 8.14. The zero-order valence-corrected chi connectivity index (χ0v) is 22.4. The molecule has 7 nitrogen and oxygen atoms in total. The summed E-state index contributed by atoms with van der Waals surface area (Å²) in [6.45, 7) is 5.17. The minimum Gasteiger partial charge on any atom is -0.405 e. The molecule has 2 aliphatic rings. The second kappa shape index (κ2) is 12.1. The second-order valence-electron chi connectivity index (χ2n) is 9.33. The monoisotopic (exact) mass is 541 g/mol. The maximum atomic E-state index is 13.0. The van der Waals surface area contributed by atoms with Gasteiger partial charge in [0.05, 0.1) is 12.7 Å². The molecule has 2 heterocycles. The van der Waals surface area contributed by atoms with Crippen LogP contribution < -0.4 is 4.74 Å². The summed E-state index contributed by atoms with van der Waals surface area (Å²) < 4.78 is 60.8. The number of aromatic nitrogens is 1. The summed E-state index contributed by atoms with van der Waals surface area (Å²) in [6, 6.07) is 6.27. The SMILES string of the molecule is CC[C@@H]1C[C@H](OCc2c(-c3ccccc3OC(F)(F)F)noc2C2CC2)CCN1C(=NC)SC(C)OC.